The Hall–Kier alpha value is -3.92. The minimum Gasteiger partial charge on any atom is -0.381 e. The molecule has 2 aromatic rings. The van der Waals surface area contributed by atoms with Gasteiger partial charge in [-0.05, 0) is 89.2 Å². The number of rotatable bonds is 56. The lowest BCUT2D eigenvalue weighted by molar-refractivity contribution is -0.393. The summed E-state index contributed by atoms with van der Waals surface area (Å²) < 4.78 is 159. The molecule has 0 aliphatic rings. The monoisotopic (exact) mass is 1950 g/mol. The molecule has 0 aromatic heterocycles. The minimum absolute atomic E-state index is 0. The van der Waals surface area contributed by atoms with Crippen molar-refractivity contribution in [2.24, 2.45) is 0 Å². The van der Waals surface area contributed by atoms with E-state index < -0.39 is 70.1 Å². The summed E-state index contributed by atoms with van der Waals surface area (Å²) in [6.45, 7) is 12.7. The van der Waals surface area contributed by atoms with Gasteiger partial charge in [-0.1, -0.05) is 75.2 Å². The van der Waals surface area contributed by atoms with Crippen LogP contribution in [0.5, 0.6) is 0 Å². The summed E-state index contributed by atoms with van der Waals surface area (Å²) in [5, 5.41) is 54.4. The van der Waals surface area contributed by atoms with Crippen LogP contribution in [0, 0.1) is 40.5 Å². The third-order valence-electron chi connectivity index (χ3n) is 11.4. The lowest BCUT2D eigenvalue weighted by Gasteiger charge is -2.07. The molecule has 2 aromatic carbocycles. The Labute approximate surface area is 659 Å². The zero-order valence-electron chi connectivity index (χ0n) is 59.7. The van der Waals surface area contributed by atoms with Gasteiger partial charge >= 0.3 is 0 Å². The molecular formula is C58H109I3N10O29S5. The highest BCUT2D eigenvalue weighted by atomic mass is 127. The topological polar surface area (TPSA) is 533 Å². The van der Waals surface area contributed by atoms with Gasteiger partial charge in [0.05, 0.1) is 123 Å². The number of hydrogen-bond acceptors (Lipinski definition) is 31. The van der Waals surface area contributed by atoms with Gasteiger partial charge in [0.15, 0.2) is 0 Å². The first kappa shape index (κ1) is 110. The number of sulfonamides is 2. The average Bonchev–Trinajstić information content (AvgIpc) is 0.848. The van der Waals surface area contributed by atoms with Crippen molar-refractivity contribution in [1.82, 2.24) is 20.1 Å². The van der Waals surface area contributed by atoms with Crippen molar-refractivity contribution in [3.8, 4) is 0 Å². The number of amides is 2. The molecule has 0 saturated carbocycles. The number of nitro benzene ring substituents is 4. The van der Waals surface area contributed by atoms with Gasteiger partial charge in [0.25, 0.3) is 53.1 Å². The molecule has 105 heavy (non-hydrogen) atoms. The molecule has 0 aliphatic carbocycles. The van der Waals surface area contributed by atoms with Crippen molar-refractivity contribution in [2.75, 3.05) is 194 Å². The fourth-order valence-electron chi connectivity index (χ4n) is 6.84. The van der Waals surface area contributed by atoms with Gasteiger partial charge in [-0.2, -0.15) is 25.3 Å². The second-order valence-corrected chi connectivity index (χ2v) is 33.0. The number of hydrogen-bond donors (Lipinski definition) is 6. The molecule has 47 heteroatoms. The molecule has 0 saturated heterocycles. The first-order valence-corrected chi connectivity index (χ1v) is 45.9. The Balaban J connectivity index is -0.000000387. The normalized spacial score (nSPS) is 11.1. The molecule has 2 amide bonds. The van der Waals surface area contributed by atoms with E-state index in [1.807, 2.05) is 0 Å². The number of unbranched alkanes of at least 4 members (excludes halogenated alkanes) is 6. The van der Waals surface area contributed by atoms with Crippen molar-refractivity contribution in [1.29, 1.82) is 0 Å². The number of nitrogens with one attached hydrogen (secondary N) is 6. The second kappa shape index (κ2) is 69.3. The van der Waals surface area contributed by atoms with E-state index >= 15 is 0 Å². The van der Waals surface area contributed by atoms with Crippen LogP contribution in [0.2, 0.25) is 0 Å². The van der Waals surface area contributed by atoms with Gasteiger partial charge in [-0.3, -0.25) is 62.6 Å². The molecule has 0 spiro atoms. The van der Waals surface area contributed by atoms with Gasteiger partial charge < -0.3 is 49.7 Å². The zero-order valence-corrected chi connectivity index (χ0v) is 70.3. The van der Waals surface area contributed by atoms with Gasteiger partial charge in [0.1, 0.15) is 11.4 Å². The molecule has 0 aliphatic heterocycles. The fourth-order valence-corrected chi connectivity index (χ4v) is 9.92. The third-order valence-corrected chi connectivity index (χ3v) is 16.0. The van der Waals surface area contributed by atoms with Crippen LogP contribution in [0.1, 0.15) is 98.3 Å². The quantitative estimate of drug-likeness (QED) is 0.00990. The molecule has 616 valence electrons. The van der Waals surface area contributed by atoms with Crippen LogP contribution in [-0.4, -0.2) is 257 Å². The molecule has 0 atom stereocenters. The van der Waals surface area contributed by atoms with Gasteiger partial charge in [-0.25, -0.2) is 26.3 Å². The number of halogens is 3. The molecule has 0 unspecified atom stereocenters. The van der Waals surface area contributed by atoms with E-state index in [2.05, 4.69) is 111 Å². The summed E-state index contributed by atoms with van der Waals surface area (Å²) in [7, 11) is -16.4. The predicted octanol–water partition coefficient (Wildman–Crippen LogP) is 6.80. The van der Waals surface area contributed by atoms with Crippen molar-refractivity contribution >= 4 is 164 Å². The standard InChI is InChI=1S/C13H19N3O8S.C12H16IN3O5.C9H19NO5S.C8H16INO2.C8H19NO6S2.C7H16INO3S.CH4/c1-25(21,22)24-9-8-23-7-3-2-6-14-12-5-4-11(15(17)18)10-13(12)16(19)20;13-5-8-21-7-2-1-6-14-11-4-3-10(15(17)18)9-12(11)16(19)20;1-9(11)10-5-3-4-6-14-7-8-15-16(2,12)13;1-8(11)10-5-2-3-6-12-7-4-9;1-16(10,11)9-5-3-4-6-14-7-8-15-17(2,12)13;1-13(10,11)9-5-2-3-6-12-7-4-8;/h4-5,10,14H,2-3,6-9H2,1H3;3-4,9,14H,1-2,5-8H2;3-8H2,1-2H3,(H,10,11);2-7H2,1H3,(H,10,11);9H,3-8H2,1-2H3;9H,2-7H2,1H3;1H4. The summed E-state index contributed by atoms with van der Waals surface area (Å²) in [4.78, 5) is 61.5. The van der Waals surface area contributed by atoms with Crippen molar-refractivity contribution in [2.45, 2.75) is 98.3 Å². The van der Waals surface area contributed by atoms with E-state index in [1.54, 1.807) is 0 Å². The van der Waals surface area contributed by atoms with Crippen LogP contribution in [0.25, 0.3) is 0 Å². The number of non-ortho nitro benzene ring substituents is 2. The van der Waals surface area contributed by atoms with E-state index in [1.165, 1.54) is 44.4 Å². The Kier molecular flexibility index (Phi) is 72.4. The van der Waals surface area contributed by atoms with Crippen molar-refractivity contribution in [3.63, 3.8) is 0 Å². The largest absolute Gasteiger partial charge is 0.381 e. The van der Waals surface area contributed by atoms with Crippen LogP contribution >= 0.6 is 67.8 Å². The first-order chi connectivity index (χ1) is 48.7. The number of anilines is 2. The second-order valence-electron chi connectivity index (χ2n) is 21.1. The number of carbonyl (C=O) groups excluding carboxylic acids is 2. The van der Waals surface area contributed by atoms with E-state index in [9.17, 15) is 92.1 Å². The van der Waals surface area contributed by atoms with E-state index in [0.29, 0.717) is 97.1 Å². The van der Waals surface area contributed by atoms with Gasteiger partial charge in [-0.15, -0.1) is 0 Å². The minimum atomic E-state index is -3.46. The summed E-state index contributed by atoms with van der Waals surface area (Å²) in [5.74, 6) is 0.00523. The van der Waals surface area contributed by atoms with Crippen LogP contribution in [0.4, 0.5) is 34.1 Å². The van der Waals surface area contributed by atoms with Crippen LogP contribution in [0.15, 0.2) is 36.4 Å². The fraction of sp³-hybridized carbons (Fsp3) is 0.759. The molecule has 39 nitrogen and oxygen atoms in total. The Bertz CT molecular complexity index is 3210. The Morgan fingerprint density at radius 2 is 0.610 bits per heavy atom. The predicted molar refractivity (Wildman–Crippen MR) is 426 cm³/mol. The molecule has 0 heterocycles. The van der Waals surface area contributed by atoms with Crippen LogP contribution in [-0.2, 0) is 101 Å². The highest BCUT2D eigenvalue weighted by Gasteiger charge is 2.20. The maximum atomic E-state index is 11.0. The highest BCUT2D eigenvalue weighted by Crippen LogP contribution is 2.30. The van der Waals surface area contributed by atoms with Crippen molar-refractivity contribution in [3.05, 3.63) is 76.9 Å². The molecule has 0 bridgehead atoms. The lowest BCUT2D eigenvalue weighted by Crippen LogP contribution is -2.23. The summed E-state index contributed by atoms with van der Waals surface area (Å²) in [5.41, 5.74) is -0.785. The third kappa shape index (κ3) is 85.6. The summed E-state index contributed by atoms with van der Waals surface area (Å²) in [6.07, 6.45) is 14.9. The molecule has 0 fully saturated rings. The summed E-state index contributed by atoms with van der Waals surface area (Å²) in [6, 6.07) is 6.98. The van der Waals surface area contributed by atoms with E-state index in [-0.39, 0.29) is 87.3 Å². The number of carbonyl (C=O) groups is 2. The maximum Gasteiger partial charge on any atom is 0.299 e. The first-order valence-electron chi connectivity index (χ1n) is 32.1. The lowest BCUT2D eigenvalue weighted by atomic mass is 10.2. The van der Waals surface area contributed by atoms with Gasteiger partial charge in [0.2, 0.25) is 31.9 Å². The number of benzene rings is 2. The molecular weight excluding hydrogens is 1840 g/mol. The molecule has 0 radical (unpaired) electrons. The zero-order chi connectivity index (χ0) is 79.7. The smallest absolute Gasteiger partial charge is 0.299 e. The van der Waals surface area contributed by atoms with Crippen molar-refractivity contribution < 1.29 is 112 Å². The number of alkyl halides is 3. The number of nitrogens with zero attached hydrogens (tertiary/aromatic N) is 4. The van der Waals surface area contributed by atoms with E-state index in [0.717, 1.165) is 135 Å². The average molecular weight is 1950 g/mol. The SMILES string of the molecule is C.CC(=O)NCCCCOCCI.CC(=O)NCCCCOCCOS(C)(=O)=O.CS(=O)(=O)NCCCCOCCI.CS(=O)(=O)NCCCCOCCOS(C)(=O)=O.CS(=O)(=O)OCCOCCCCNc1ccc([N+](=O)[O-])cc1[N+](=O)[O-].O=[N+]([O-])c1ccc(NCCCCOCCI)c([N+](=O)[O-])c1. The number of ether oxygens (including phenoxy) is 6. The van der Waals surface area contributed by atoms with E-state index in [4.69, 9.17) is 28.4 Å². The van der Waals surface area contributed by atoms with Crippen LogP contribution < -0.4 is 30.7 Å². The Morgan fingerprint density at radius 1 is 0.362 bits per heavy atom. The summed E-state index contributed by atoms with van der Waals surface area (Å²) >= 11 is 6.76. The highest BCUT2D eigenvalue weighted by molar-refractivity contribution is 14.1. The Morgan fingerprint density at radius 3 is 0.829 bits per heavy atom. The maximum absolute atomic E-state index is 11.0. The van der Waals surface area contributed by atoms with Crippen LogP contribution in [0.3, 0.4) is 0 Å². The molecule has 6 N–H and O–H groups in total. The number of nitro groups is 4. The molecule has 2 rings (SSSR count). The van der Waals surface area contributed by atoms with Gasteiger partial charge in [0, 0.05) is 118 Å².